The van der Waals surface area contributed by atoms with E-state index in [0.29, 0.717) is 25.3 Å². The molecule has 1 aromatic carbocycles. The number of carbonyl (C=O) groups excluding carboxylic acids is 1. The van der Waals surface area contributed by atoms with E-state index < -0.39 is 6.10 Å². The molecule has 5 heteroatoms. The number of rotatable bonds is 5. The summed E-state index contributed by atoms with van der Waals surface area (Å²) >= 11 is 0. The third kappa shape index (κ3) is 3.45. The number of methoxy groups -OCH3 is 1. The summed E-state index contributed by atoms with van der Waals surface area (Å²) in [5.41, 5.74) is 1.85. The number of aliphatic hydroxyl groups excluding tert-OH is 1. The zero-order chi connectivity index (χ0) is 13.8. The van der Waals surface area contributed by atoms with E-state index in [9.17, 15) is 9.90 Å². The van der Waals surface area contributed by atoms with Crippen molar-refractivity contribution < 1.29 is 14.6 Å². The van der Waals surface area contributed by atoms with Crippen molar-refractivity contribution in [3.63, 3.8) is 0 Å². The van der Waals surface area contributed by atoms with Gasteiger partial charge in [-0.2, -0.15) is 0 Å². The zero-order valence-corrected chi connectivity index (χ0v) is 11.3. The second-order valence-electron chi connectivity index (χ2n) is 4.87. The summed E-state index contributed by atoms with van der Waals surface area (Å²) < 4.78 is 5.26. The van der Waals surface area contributed by atoms with Crippen LogP contribution in [-0.4, -0.2) is 37.3 Å². The van der Waals surface area contributed by atoms with E-state index in [1.54, 1.807) is 7.11 Å². The lowest BCUT2D eigenvalue weighted by Crippen LogP contribution is -2.34. The lowest BCUT2D eigenvalue weighted by molar-refractivity contribution is -0.119. The van der Waals surface area contributed by atoms with Crippen LogP contribution < -0.4 is 15.4 Å². The average Bonchev–Trinajstić information content (AvgIpc) is 2.81. The van der Waals surface area contributed by atoms with Gasteiger partial charge in [0, 0.05) is 31.1 Å². The predicted molar refractivity (Wildman–Crippen MR) is 72.1 cm³/mol. The third-order valence-corrected chi connectivity index (χ3v) is 3.32. The highest BCUT2D eigenvalue weighted by molar-refractivity contribution is 5.78. The smallest absolute Gasteiger partial charge is 0.221 e. The Morgan fingerprint density at radius 3 is 3.00 bits per heavy atom. The molecule has 1 heterocycles. The average molecular weight is 264 g/mol. The fourth-order valence-corrected chi connectivity index (χ4v) is 2.25. The van der Waals surface area contributed by atoms with Crippen LogP contribution in [0.25, 0.3) is 0 Å². The number of aryl methyl sites for hydroxylation is 1. The summed E-state index contributed by atoms with van der Waals surface area (Å²) in [6.07, 6.45) is -0.178. The van der Waals surface area contributed by atoms with Gasteiger partial charge in [0.1, 0.15) is 5.75 Å². The minimum absolute atomic E-state index is 0.0557. The first kappa shape index (κ1) is 13.8. The zero-order valence-electron chi connectivity index (χ0n) is 11.3. The molecule has 0 aliphatic carbocycles. The van der Waals surface area contributed by atoms with E-state index in [1.165, 1.54) is 0 Å². The maximum absolute atomic E-state index is 11.1. The molecule has 0 saturated carbocycles. The predicted octanol–water partition coefficient (Wildman–Crippen LogP) is 0.515. The van der Waals surface area contributed by atoms with Crippen LogP contribution in [0.2, 0.25) is 0 Å². The lowest BCUT2D eigenvalue weighted by atomic mass is 10.0. The van der Waals surface area contributed by atoms with E-state index in [1.807, 2.05) is 25.1 Å². The molecule has 19 heavy (non-hydrogen) atoms. The monoisotopic (exact) mass is 264 g/mol. The second kappa shape index (κ2) is 6.04. The minimum Gasteiger partial charge on any atom is -0.496 e. The van der Waals surface area contributed by atoms with Crippen LogP contribution in [0, 0.1) is 6.92 Å². The molecule has 0 spiro atoms. The Hall–Kier alpha value is -1.59. The molecular weight excluding hydrogens is 244 g/mol. The molecule has 3 N–H and O–H groups in total. The molecule has 104 valence electrons. The molecule has 1 aliphatic heterocycles. The number of aliphatic hydroxyl groups is 1. The van der Waals surface area contributed by atoms with Crippen LogP contribution in [0.4, 0.5) is 0 Å². The summed E-state index contributed by atoms with van der Waals surface area (Å²) in [6, 6.07) is 5.82. The van der Waals surface area contributed by atoms with Crippen molar-refractivity contribution in [1.29, 1.82) is 0 Å². The number of hydrogen-bond acceptors (Lipinski definition) is 4. The normalized spacial score (nSPS) is 20.2. The number of hydrogen-bond donors (Lipinski definition) is 3. The summed E-state index contributed by atoms with van der Waals surface area (Å²) in [4.78, 5) is 11.1. The fraction of sp³-hybridized carbons (Fsp3) is 0.500. The highest BCUT2D eigenvalue weighted by Crippen LogP contribution is 2.26. The van der Waals surface area contributed by atoms with Crippen molar-refractivity contribution in [2.24, 2.45) is 0 Å². The van der Waals surface area contributed by atoms with E-state index in [0.717, 1.165) is 11.1 Å². The van der Waals surface area contributed by atoms with Gasteiger partial charge in [-0.15, -0.1) is 0 Å². The van der Waals surface area contributed by atoms with Gasteiger partial charge in [-0.25, -0.2) is 0 Å². The van der Waals surface area contributed by atoms with Crippen molar-refractivity contribution in [1.82, 2.24) is 10.6 Å². The standard InChI is InChI=1S/C14H20N2O3/c1-9-3-4-13(19-2)11(5-9)12(17)8-15-10-6-14(18)16-7-10/h3-5,10,12,15,17H,6-8H2,1-2H3,(H,16,18). The molecule has 1 saturated heterocycles. The molecule has 1 amide bonds. The number of ether oxygens (including phenoxy) is 1. The first-order chi connectivity index (χ1) is 9.10. The first-order valence-corrected chi connectivity index (χ1v) is 6.43. The second-order valence-corrected chi connectivity index (χ2v) is 4.87. The quantitative estimate of drug-likeness (QED) is 0.725. The third-order valence-electron chi connectivity index (χ3n) is 3.32. The Morgan fingerprint density at radius 1 is 1.58 bits per heavy atom. The number of carbonyl (C=O) groups is 1. The van der Waals surface area contributed by atoms with Gasteiger partial charge in [0.05, 0.1) is 13.2 Å². The molecule has 1 aliphatic rings. The van der Waals surface area contributed by atoms with Crippen LogP contribution in [-0.2, 0) is 4.79 Å². The Bertz CT molecular complexity index is 462. The summed E-state index contributed by atoms with van der Waals surface area (Å²) in [5, 5.41) is 16.2. The van der Waals surface area contributed by atoms with Crippen molar-refractivity contribution >= 4 is 5.91 Å². The summed E-state index contributed by atoms with van der Waals surface area (Å²) in [5.74, 6) is 0.737. The first-order valence-electron chi connectivity index (χ1n) is 6.43. The molecule has 1 fully saturated rings. The molecule has 0 aromatic heterocycles. The SMILES string of the molecule is COc1ccc(C)cc1C(O)CNC1CNC(=O)C1. The maximum atomic E-state index is 11.1. The highest BCUT2D eigenvalue weighted by Gasteiger charge is 2.22. The summed E-state index contributed by atoms with van der Waals surface area (Å²) in [7, 11) is 1.59. The number of benzene rings is 1. The van der Waals surface area contributed by atoms with E-state index in [2.05, 4.69) is 10.6 Å². The van der Waals surface area contributed by atoms with Crippen molar-refractivity contribution in [3.05, 3.63) is 29.3 Å². The largest absolute Gasteiger partial charge is 0.496 e. The highest BCUT2D eigenvalue weighted by atomic mass is 16.5. The molecular formula is C14H20N2O3. The van der Waals surface area contributed by atoms with Gasteiger partial charge in [0.15, 0.2) is 0 Å². The van der Waals surface area contributed by atoms with Crippen LogP contribution in [0.5, 0.6) is 5.75 Å². The van der Waals surface area contributed by atoms with Gasteiger partial charge >= 0.3 is 0 Å². The number of nitrogens with one attached hydrogen (secondary N) is 2. The molecule has 2 unspecified atom stereocenters. The Morgan fingerprint density at radius 2 is 2.37 bits per heavy atom. The summed E-state index contributed by atoms with van der Waals surface area (Å²) in [6.45, 7) is 3.00. The van der Waals surface area contributed by atoms with Gasteiger partial charge in [-0.05, 0) is 19.1 Å². The van der Waals surface area contributed by atoms with Gasteiger partial charge < -0.3 is 20.5 Å². The lowest BCUT2D eigenvalue weighted by Gasteiger charge is -2.18. The van der Waals surface area contributed by atoms with E-state index in [4.69, 9.17) is 4.74 Å². The van der Waals surface area contributed by atoms with Gasteiger partial charge in [0.25, 0.3) is 0 Å². The maximum Gasteiger partial charge on any atom is 0.221 e. The topological polar surface area (TPSA) is 70.6 Å². The molecule has 0 radical (unpaired) electrons. The Labute approximate surface area is 113 Å². The molecule has 5 nitrogen and oxygen atoms in total. The van der Waals surface area contributed by atoms with E-state index >= 15 is 0 Å². The van der Waals surface area contributed by atoms with Crippen LogP contribution in [0.3, 0.4) is 0 Å². The van der Waals surface area contributed by atoms with Gasteiger partial charge in [-0.1, -0.05) is 11.6 Å². The number of amides is 1. The van der Waals surface area contributed by atoms with Gasteiger partial charge in [0.2, 0.25) is 5.91 Å². The van der Waals surface area contributed by atoms with Gasteiger partial charge in [-0.3, -0.25) is 4.79 Å². The van der Waals surface area contributed by atoms with Crippen LogP contribution >= 0.6 is 0 Å². The minimum atomic E-state index is -0.648. The Balaban J connectivity index is 1.97. The molecule has 1 aromatic rings. The van der Waals surface area contributed by atoms with E-state index in [-0.39, 0.29) is 11.9 Å². The molecule has 2 rings (SSSR count). The fourth-order valence-electron chi connectivity index (χ4n) is 2.25. The van der Waals surface area contributed by atoms with Crippen molar-refractivity contribution in [3.8, 4) is 5.75 Å². The van der Waals surface area contributed by atoms with Crippen molar-refractivity contribution in [2.45, 2.75) is 25.5 Å². The Kier molecular flexibility index (Phi) is 4.39. The van der Waals surface area contributed by atoms with Crippen LogP contribution in [0.15, 0.2) is 18.2 Å². The van der Waals surface area contributed by atoms with Crippen LogP contribution in [0.1, 0.15) is 23.7 Å². The molecule has 0 bridgehead atoms. The molecule has 2 atom stereocenters. The van der Waals surface area contributed by atoms with Crippen molar-refractivity contribution in [2.75, 3.05) is 20.2 Å².